The van der Waals surface area contributed by atoms with Crippen LogP contribution >= 0.6 is 11.6 Å². The maximum atomic E-state index is 10.6. The first-order valence-corrected chi connectivity index (χ1v) is 5.51. The summed E-state index contributed by atoms with van der Waals surface area (Å²) in [5.74, 6) is 0. The van der Waals surface area contributed by atoms with Crippen LogP contribution in [0.2, 0.25) is 5.02 Å². The Hall–Kier alpha value is -1.59. The molecule has 1 aromatic carbocycles. The number of nitro benzene ring substituents is 1. The molecule has 0 spiro atoms. The van der Waals surface area contributed by atoms with Crippen molar-refractivity contribution in [1.82, 2.24) is 4.90 Å². The fraction of sp³-hybridized carbons (Fsp3) is 0.273. The average molecular weight is 254 g/mol. The molecule has 0 atom stereocenters. The van der Waals surface area contributed by atoms with E-state index in [1.165, 1.54) is 12.1 Å². The molecule has 1 heterocycles. The number of anilines is 1. The highest BCUT2D eigenvalue weighted by atomic mass is 35.5. The van der Waals surface area contributed by atoms with Crippen molar-refractivity contribution in [1.29, 1.82) is 0 Å². The lowest BCUT2D eigenvalue weighted by atomic mass is 10.2. The fourth-order valence-corrected chi connectivity index (χ4v) is 2.00. The van der Waals surface area contributed by atoms with Crippen LogP contribution in [-0.2, 0) is 0 Å². The lowest BCUT2D eigenvalue weighted by Crippen LogP contribution is -2.36. The van der Waals surface area contributed by atoms with Crippen molar-refractivity contribution in [2.45, 2.75) is 0 Å². The highest BCUT2D eigenvalue weighted by molar-refractivity contribution is 6.33. The van der Waals surface area contributed by atoms with E-state index in [0.717, 1.165) is 12.2 Å². The Morgan fingerprint density at radius 3 is 2.82 bits per heavy atom. The van der Waals surface area contributed by atoms with E-state index < -0.39 is 4.92 Å². The molecule has 0 N–H and O–H groups in total. The van der Waals surface area contributed by atoms with Crippen LogP contribution in [0.15, 0.2) is 30.5 Å². The molecule has 0 saturated carbocycles. The molecule has 0 aromatic heterocycles. The van der Waals surface area contributed by atoms with Crippen LogP contribution in [0.25, 0.3) is 0 Å². The first-order chi connectivity index (χ1) is 8.08. The van der Waals surface area contributed by atoms with E-state index in [0.29, 0.717) is 11.7 Å². The highest BCUT2D eigenvalue weighted by Crippen LogP contribution is 2.30. The van der Waals surface area contributed by atoms with Crippen molar-refractivity contribution in [2.75, 3.05) is 25.2 Å². The van der Waals surface area contributed by atoms with Gasteiger partial charge in [0.1, 0.15) is 0 Å². The average Bonchev–Trinajstić information content (AvgIpc) is 2.28. The molecule has 1 aromatic rings. The first-order valence-electron chi connectivity index (χ1n) is 5.14. The van der Waals surface area contributed by atoms with Gasteiger partial charge in [-0.05, 0) is 13.1 Å². The van der Waals surface area contributed by atoms with E-state index in [1.807, 2.05) is 24.2 Å². The zero-order chi connectivity index (χ0) is 12.4. The predicted molar refractivity (Wildman–Crippen MR) is 67.2 cm³/mol. The van der Waals surface area contributed by atoms with Crippen molar-refractivity contribution < 1.29 is 4.92 Å². The molecule has 0 unspecified atom stereocenters. The number of hydrogen-bond acceptors (Lipinski definition) is 4. The van der Waals surface area contributed by atoms with Gasteiger partial charge in [0.05, 0.1) is 22.3 Å². The Morgan fingerprint density at radius 1 is 1.47 bits per heavy atom. The van der Waals surface area contributed by atoms with Crippen molar-refractivity contribution in [3.8, 4) is 0 Å². The van der Waals surface area contributed by atoms with Gasteiger partial charge >= 0.3 is 0 Å². The molecule has 0 aliphatic carbocycles. The SMILES string of the molecule is CN1CC=CN(c2ccc([N+](=O)[O-])cc2Cl)C1. The summed E-state index contributed by atoms with van der Waals surface area (Å²) in [5.41, 5.74) is 0.785. The maximum absolute atomic E-state index is 10.6. The Labute approximate surface area is 104 Å². The van der Waals surface area contributed by atoms with E-state index in [1.54, 1.807) is 6.07 Å². The molecule has 2 rings (SSSR count). The summed E-state index contributed by atoms with van der Waals surface area (Å²) in [7, 11) is 2.00. The van der Waals surface area contributed by atoms with Crippen LogP contribution in [0.4, 0.5) is 11.4 Å². The van der Waals surface area contributed by atoms with E-state index in [-0.39, 0.29) is 5.69 Å². The van der Waals surface area contributed by atoms with Gasteiger partial charge in [-0.25, -0.2) is 0 Å². The van der Waals surface area contributed by atoms with Gasteiger partial charge in [-0.2, -0.15) is 0 Å². The lowest BCUT2D eigenvalue weighted by Gasteiger charge is -2.30. The number of nitro groups is 1. The van der Waals surface area contributed by atoms with Gasteiger partial charge in [0.25, 0.3) is 5.69 Å². The molecule has 0 radical (unpaired) electrons. The molecule has 5 nitrogen and oxygen atoms in total. The number of hydrogen-bond donors (Lipinski definition) is 0. The Balaban J connectivity index is 2.30. The molecule has 0 fully saturated rings. The topological polar surface area (TPSA) is 49.6 Å². The van der Waals surface area contributed by atoms with E-state index in [2.05, 4.69) is 4.90 Å². The Bertz CT molecular complexity index is 476. The van der Waals surface area contributed by atoms with Crippen molar-refractivity contribution >= 4 is 23.0 Å². The third-order valence-electron chi connectivity index (χ3n) is 2.55. The molecule has 0 saturated heterocycles. The molecular formula is C11H12ClN3O2. The van der Waals surface area contributed by atoms with Crippen LogP contribution in [0.3, 0.4) is 0 Å². The van der Waals surface area contributed by atoms with Gasteiger partial charge in [0.15, 0.2) is 0 Å². The second kappa shape index (κ2) is 4.73. The van der Waals surface area contributed by atoms with Crippen LogP contribution in [0, 0.1) is 10.1 Å². The molecule has 6 heteroatoms. The summed E-state index contributed by atoms with van der Waals surface area (Å²) < 4.78 is 0. The van der Waals surface area contributed by atoms with E-state index in [9.17, 15) is 10.1 Å². The van der Waals surface area contributed by atoms with Gasteiger partial charge in [0.2, 0.25) is 0 Å². The monoisotopic (exact) mass is 253 g/mol. The van der Waals surface area contributed by atoms with Crippen molar-refractivity contribution in [3.05, 3.63) is 45.6 Å². The second-order valence-electron chi connectivity index (χ2n) is 3.93. The van der Waals surface area contributed by atoms with Gasteiger partial charge in [0, 0.05) is 24.9 Å². The van der Waals surface area contributed by atoms with Gasteiger partial charge in [-0.3, -0.25) is 15.0 Å². The fourth-order valence-electron chi connectivity index (χ4n) is 1.72. The summed E-state index contributed by atoms with van der Waals surface area (Å²) in [6, 6.07) is 4.51. The third kappa shape index (κ3) is 2.57. The number of likely N-dealkylation sites (N-methyl/N-ethyl adjacent to an activating group) is 1. The molecule has 90 valence electrons. The van der Waals surface area contributed by atoms with Gasteiger partial charge < -0.3 is 4.90 Å². The van der Waals surface area contributed by atoms with Crippen molar-refractivity contribution in [2.24, 2.45) is 0 Å². The Morgan fingerprint density at radius 2 is 2.24 bits per heavy atom. The molecule has 1 aliphatic rings. The number of benzene rings is 1. The zero-order valence-corrected chi connectivity index (χ0v) is 10.1. The van der Waals surface area contributed by atoms with Crippen LogP contribution < -0.4 is 4.90 Å². The van der Waals surface area contributed by atoms with Gasteiger partial charge in [-0.15, -0.1) is 0 Å². The quantitative estimate of drug-likeness (QED) is 0.600. The highest BCUT2D eigenvalue weighted by Gasteiger charge is 2.15. The summed E-state index contributed by atoms with van der Waals surface area (Å²) in [6.07, 6.45) is 3.95. The summed E-state index contributed by atoms with van der Waals surface area (Å²) in [4.78, 5) is 14.2. The minimum absolute atomic E-state index is 0.00749. The molecular weight excluding hydrogens is 242 g/mol. The number of non-ortho nitro benzene ring substituents is 1. The minimum Gasteiger partial charge on any atom is -0.334 e. The molecule has 17 heavy (non-hydrogen) atoms. The van der Waals surface area contributed by atoms with Crippen LogP contribution in [0.1, 0.15) is 0 Å². The summed E-state index contributed by atoms with van der Waals surface area (Å²) in [5, 5.41) is 11.0. The summed E-state index contributed by atoms with van der Waals surface area (Å²) >= 11 is 6.06. The molecule has 0 bridgehead atoms. The smallest absolute Gasteiger partial charge is 0.271 e. The minimum atomic E-state index is -0.451. The summed E-state index contributed by atoms with van der Waals surface area (Å²) in [6.45, 7) is 1.61. The van der Waals surface area contributed by atoms with Crippen LogP contribution in [0.5, 0.6) is 0 Å². The number of rotatable bonds is 2. The van der Waals surface area contributed by atoms with Crippen molar-refractivity contribution in [3.63, 3.8) is 0 Å². The first kappa shape index (κ1) is 11.9. The van der Waals surface area contributed by atoms with Gasteiger partial charge in [-0.1, -0.05) is 17.7 Å². The number of nitrogens with zero attached hydrogens (tertiary/aromatic N) is 3. The molecule has 1 aliphatic heterocycles. The molecule has 0 amide bonds. The standard InChI is InChI=1S/C11H12ClN3O2/c1-13-5-2-6-14(8-13)11-4-3-9(15(16)17)7-10(11)12/h2-4,6-7H,5,8H2,1H3. The van der Waals surface area contributed by atoms with E-state index in [4.69, 9.17) is 11.6 Å². The predicted octanol–water partition coefficient (Wildman–Crippen LogP) is 2.47. The third-order valence-corrected chi connectivity index (χ3v) is 2.85. The lowest BCUT2D eigenvalue weighted by molar-refractivity contribution is -0.384. The maximum Gasteiger partial charge on any atom is 0.271 e. The second-order valence-corrected chi connectivity index (χ2v) is 4.33. The normalized spacial score (nSPS) is 16.2. The van der Waals surface area contributed by atoms with E-state index >= 15 is 0 Å². The zero-order valence-electron chi connectivity index (χ0n) is 9.34. The van der Waals surface area contributed by atoms with Crippen LogP contribution in [-0.4, -0.2) is 30.1 Å². The number of halogens is 1. The largest absolute Gasteiger partial charge is 0.334 e. The Kier molecular flexibility index (Phi) is 3.31.